The van der Waals surface area contributed by atoms with Crippen molar-refractivity contribution >= 4 is 35.2 Å². The first kappa shape index (κ1) is 16.2. The minimum absolute atomic E-state index is 0.00154. The van der Waals surface area contributed by atoms with E-state index in [1.807, 2.05) is 0 Å². The summed E-state index contributed by atoms with van der Waals surface area (Å²) < 4.78 is 5.48. The van der Waals surface area contributed by atoms with E-state index in [2.05, 4.69) is 0 Å². The molecule has 0 saturated carbocycles. The zero-order valence-electron chi connectivity index (χ0n) is 11.7. The van der Waals surface area contributed by atoms with Gasteiger partial charge in [0.05, 0.1) is 24.4 Å². The maximum Gasteiger partial charge on any atom is 0.304 e. The van der Waals surface area contributed by atoms with Gasteiger partial charge in [0.25, 0.3) is 5.91 Å². The third kappa shape index (κ3) is 3.91. The van der Waals surface area contributed by atoms with Crippen LogP contribution in [0.25, 0.3) is 0 Å². The van der Waals surface area contributed by atoms with Gasteiger partial charge in [-0.3, -0.25) is 14.4 Å². The van der Waals surface area contributed by atoms with Crippen LogP contribution in [0.4, 0.5) is 5.69 Å². The number of para-hydroxylation sites is 2. The Morgan fingerprint density at radius 3 is 2.77 bits per heavy atom. The van der Waals surface area contributed by atoms with Gasteiger partial charge in [0, 0.05) is 5.75 Å². The summed E-state index contributed by atoms with van der Waals surface area (Å²) in [5.41, 5.74) is 5.86. The number of ether oxygens (including phenoxy) is 1. The quantitative estimate of drug-likeness (QED) is 0.736. The van der Waals surface area contributed by atoms with E-state index in [1.165, 1.54) is 16.7 Å². The Bertz CT molecular complexity index is 592. The Morgan fingerprint density at radius 2 is 2.09 bits per heavy atom. The average molecular weight is 324 g/mol. The predicted molar refractivity (Wildman–Crippen MR) is 82.0 cm³/mol. The van der Waals surface area contributed by atoms with Gasteiger partial charge in [0.15, 0.2) is 6.10 Å². The highest BCUT2D eigenvalue weighted by molar-refractivity contribution is 7.99. The van der Waals surface area contributed by atoms with Crippen LogP contribution in [0, 0.1) is 0 Å². The number of fused-ring (bicyclic) bond motifs is 1. The van der Waals surface area contributed by atoms with Crippen LogP contribution in [0.1, 0.15) is 6.42 Å². The minimum Gasteiger partial charge on any atom is -0.481 e. The number of primary amides is 1. The van der Waals surface area contributed by atoms with Crippen LogP contribution in [0.3, 0.4) is 0 Å². The van der Waals surface area contributed by atoms with Gasteiger partial charge in [-0.25, -0.2) is 0 Å². The molecule has 1 aromatic carbocycles. The molecule has 0 radical (unpaired) electrons. The molecule has 0 fully saturated rings. The van der Waals surface area contributed by atoms with Crippen LogP contribution in [0.2, 0.25) is 0 Å². The first-order valence-electron chi connectivity index (χ1n) is 6.64. The molecule has 0 unspecified atom stereocenters. The van der Waals surface area contributed by atoms with Crippen LogP contribution < -0.4 is 15.4 Å². The van der Waals surface area contributed by atoms with Crippen LogP contribution >= 0.6 is 11.8 Å². The number of hydrogen-bond donors (Lipinski definition) is 2. The van der Waals surface area contributed by atoms with E-state index in [4.69, 9.17) is 15.6 Å². The Balaban J connectivity index is 2.06. The number of nitrogens with zero attached hydrogens (tertiary/aromatic N) is 1. The molecule has 1 aliphatic rings. The number of benzene rings is 1. The van der Waals surface area contributed by atoms with Crippen molar-refractivity contribution in [3.8, 4) is 5.75 Å². The fourth-order valence-corrected chi connectivity index (χ4v) is 2.81. The molecule has 22 heavy (non-hydrogen) atoms. The Morgan fingerprint density at radius 1 is 1.36 bits per heavy atom. The molecule has 1 aromatic rings. The number of carboxylic acid groups (broad SMARTS) is 1. The van der Waals surface area contributed by atoms with Crippen molar-refractivity contribution in [1.29, 1.82) is 0 Å². The van der Waals surface area contributed by atoms with Crippen molar-refractivity contribution in [1.82, 2.24) is 0 Å². The number of hydrogen-bond acceptors (Lipinski definition) is 5. The number of anilines is 1. The minimum atomic E-state index is -0.898. The lowest BCUT2D eigenvalue weighted by Crippen LogP contribution is -2.49. The number of thioether (sulfide) groups is 1. The lowest BCUT2D eigenvalue weighted by atomic mass is 10.2. The monoisotopic (exact) mass is 324 g/mol. The SMILES string of the molecule is NC(=O)[C@@H]1CN(C(=O)CSCCC(=O)O)c2ccccc2O1. The van der Waals surface area contributed by atoms with Crippen molar-refractivity contribution < 1.29 is 24.2 Å². The summed E-state index contributed by atoms with van der Waals surface area (Å²) in [4.78, 5) is 35.6. The van der Waals surface area contributed by atoms with Crippen LogP contribution in [-0.4, -0.2) is 47.0 Å². The van der Waals surface area contributed by atoms with Gasteiger partial charge in [-0.2, -0.15) is 11.8 Å². The molecule has 1 heterocycles. The van der Waals surface area contributed by atoms with Crippen molar-refractivity contribution in [3.05, 3.63) is 24.3 Å². The number of aliphatic carboxylic acids is 1. The fraction of sp³-hybridized carbons (Fsp3) is 0.357. The summed E-state index contributed by atoms with van der Waals surface area (Å²) >= 11 is 1.24. The van der Waals surface area contributed by atoms with Crippen LogP contribution in [0.5, 0.6) is 5.75 Å². The van der Waals surface area contributed by atoms with E-state index in [9.17, 15) is 14.4 Å². The molecule has 2 amide bonds. The van der Waals surface area contributed by atoms with Gasteiger partial charge in [0.1, 0.15) is 5.75 Å². The molecular formula is C14H16N2O5S. The van der Waals surface area contributed by atoms with Gasteiger partial charge in [-0.15, -0.1) is 0 Å². The second-order valence-corrected chi connectivity index (χ2v) is 5.78. The van der Waals surface area contributed by atoms with Crippen molar-refractivity contribution in [2.24, 2.45) is 5.73 Å². The molecule has 0 saturated heterocycles. The number of rotatable bonds is 6. The number of carboxylic acids is 1. The van der Waals surface area contributed by atoms with Crippen molar-refractivity contribution in [3.63, 3.8) is 0 Å². The van der Waals surface area contributed by atoms with Gasteiger partial charge in [-0.05, 0) is 12.1 Å². The number of amides is 2. The first-order chi connectivity index (χ1) is 10.5. The number of nitrogens with two attached hydrogens (primary N) is 1. The van der Waals surface area contributed by atoms with E-state index >= 15 is 0 Å². The lowest BCUT2D eigenvalue weighted by Gasteiger charge is -2.33. The Labute approximate surface area is 131 Å². The molecule has 1 aliphatic heterocycles. The van der Waals surface area contributed by atoms with Gasteiger partial charge in [0.2, 0.25) is 5.91 Å². The highest BCUT2D eigenvalue weighted by Crippen LogP contribution is 2.33. The molecule has 8 heteroatoms. The largest absolute Gasteiger partial charge is 0.481 e. The number of carbonyl (C=O) groups is 3. The second kappa shape index (κ2) is 7.17. The fourth-order valence-electron chi connectivity index (χ4n) is 2.02. The molecule has 3 N–H and O–H groups in total. The highest BCUT2D eigenvalue weighted by Gasteiger charge is 2.32. The van der Waals surface area contributed by atoms with E-state index in [1.54, 1.807) is 24.3 Å². The van der Waals surface area contributed by atoms with Gasteiger partial charge >= 0.3 is 5.97 Å². The summed E-state index contributed by atoms with van der Waals surface area (Å²) in [6.45, 7) is 0.0602. The standard InChI is InChI=1S/C14H16N2O5S/c15-14(20)11-7-16(9-3-1-2-4-10(9)21-11)12(17)8-22-6-5-13(18)19/h1-4,11H,5-8H2,(H2,15,20)(H,18,19)/t11-/m0/s1. The number of carbonyl (C=O) groups excluding carboxylic acids is 2. The summed E-state index contributed by atoms with van der Waals surface area (Å²) in [6.07, 6.45) is -0.885. The van der Waals surface area contributed by atoms with Crippen molar-refractivity contribution in [2.75, 3.05) is 23.0 Å². The van der Waals surface area contributed by atoms with E-state index in [0.717, 1.165) is 0 Å². The molecule has 0 bridgehead atoms. The first-order valence-corrected chi connectivity index (χ1v) is 7.79. The molecule has 1 atom stereocenters. The Kier molecular flexibility index (Phi) is 5.26. The molecular weight excluding hydrogens is 308 g/mol. The zero-order chi connectivity index (χ0) is 16.1. The summed E-state index contributed by atoms with van der Waals surface area (Å²) in [5.74, 6) is -0.825. The van der Waals surface area contributed by atoms with Gasteiger partial charge in [-0.1, -0.05) is 12.1 Å². The smallest absolute Gasteiger partial charge is 0.304 e. The Hall–Kier alpha value is -2.22. The summed E-state index contributed by atoms with van der Waals surface area (Å²) in [7, 11) is 0. The molecule has 7 nitrogen and oxygen atoms in total. The predicted octanol–water partition coefficient (Wildman–Crippen LogP) is 0.474. The second-order valence-electron chi connectivity index (χ2n) is 4.68. The average Bonchev–Trinajstić information content (AvgIpc) is 2.50. The van der Waals surface area contributed by atoms with Crippen molar-refractivity contribution in [2.45, 2.75) is 12.5 Å². The molecule has 0 aromatic heterocycles. The van der Waals surface area contributed by atoms with Crippen LogP contribution in [-0.2, 0) is 14.4 Å². The topological polar surface area (TPSA) is 110 Å². The summed E-state index contributed by atoms with van der Waals surface area (Å²) in [6, 6.07) is 6.91. The van der Waals surface area contributed by atoms with Crippen LogP contribution in [0.15, 0.2) is 24.3 Å². The highest BCUT2D eigenvalue weighted by atomic mass is 32.2. The lowest BCUT2D eigenvalue weighted by molar-refractivity contribution is -0.136. The van der Waals surface area contributed by atoms with E-state index in [-0.39, 0.29) is 24.6 Å². The maximum atomic E-state index is 12.3. The molecule has 118 valence electrons. The molecule has 2 rings (SSSR count). The van der Waals surface area contributed by atoms with E-state index in [0.29, 0.717) is 17.2 Å². The van der Waals surface area contributed by atoms with E-state index < -0.39 is 18.0 Å². The third-order valence-electron chi connectivity index (χ3n) is 3.08. The molecule has 0 aliphatic carbocycles. The zero-order valence-corrected chi connectivity index (χ0v) is 12.5. The normalized spacial score (nSPS) is 16.5. The third-order valence-corrected chi connectivity index (χ3v) is 4.02. The van der Waals surface area contributed by atoms with Gasteiger partial charge < -0.3 is 20.5 Å². The summed E-state index contributed by atoms with van der Waals surface area (Å²) in [5, 5.41) is 8.58. The maximum absolute atomic E-state index is 12.3. The molecule has 0 spiro atoms.